The van der Waals surface area contributed by atoms with Gasteiger partial charge in [-0.1, -0.05) is 58.1 Å². The van der Waals surface area contributed by atoms with Crippen LogP contribution in [0.5, 0.6) is 0 Å². The SMILES string of the molecule is Cc1[c-]c(C)cc(Cc2c(C)cc(CC3CCCCC3)cc2C)c1.[Y].[Y]. The second-order valence-corrected chi connectivity index (χ2v) is 7.95. The van der Waals surface area contributed by atoms with E-state index >= 15 is 0 Å². The first-order valence-corrected chi connectivity index (χ1v) is 9.59. The van der Waals surface area contributed by atoms with Gasteiger partial charge in [0.2, 0.25) is 0 Å². The van der Waals surface area contributed by atoms with E-state index in [-0.39, 0.29) is 65.4 Å². The standard InChI is InChI=1S/C24H31.2Y/c1-17-10-18(2)12-22(11-17)16-24-19(3)13-23(14-20(24)4)15-21-8-6-5-7-9-21;;/h11-14,21H,5-9,15-16H2,1-4H3;;/q-1;;. The summed E-state index contributed by atoms with van der Waals surface area (Å²) in [5.74, 6) is 0.915. The molecule has 0 nitrogen and oxygen atoms in total. The summed E-state index contributed by atoms with van der Waals surface area (Å²) in [6, 6.07) is 12.8. The van der Waals surface area contributed by atoms with Crippen LogP contribution in [0.25, 0.3) is 0 Å². The zero-order valence-corrected chi connectivity index (χ0v) is 22.7. The van der Waals surface area contributed by atoms with Crippen LogP contribution in [0.15, 0.2) is 24.3 Å². The largest absolute Gasteiger partial charge is 0.177 e. The fourth-order valence-electron chi connectivity index (χ4n) is 4.49. The third-order valence-corrected chi connectivity index (χ3v) is 5.58. The van der Waals surface area contributed by atoms with E-state index in [1.807, 2.05) is 0 Å². The van der Waals surface area contributed by atoms with Gasteiger partial charge in [-0.05, 0) is 54.9 Å². The molecule has 0 bridgehead atoms. The molecular weight excluding hydrogens is 466 g/mol. The molecule has 0 atom stereocenters. The van der Waals surface area contributed by atoms with Crippen molar-refractivity contribution in [1.29, 1.82) is 0 Å². The van der Waals surface area contributed by atoms with E-state index in [1.165, 1.54) is 71.9 Å². The summed E-state index contributed by atoms with van der Waals surface area (Å²) in [5.41, 5.74) is 9.88. The zero-order valence-electron chi connectivity index (χ0n) is 17.0. The van der Waals surface area contributed by atoms with Gasteiger partial charge in [-0.25, -0.2) is 0 Å². The van der Waals surface area contributed by atoms with Crippen molar-refractivity contribution in [2.75, 3.05) is 0 Å². The summed E-state index contributed by atoms with van der Waals surface area (Å²) in [6.45, 7) is 8.87. The predicted molar refractivity (Wildman–Crippen MR) is 104 cm³/mol. The Morgan fingerprint density at radius 3 is 1.85 bits per heavy atom. The Hall–Kier alpha value is 0.648. The molecule has 0 N–H and O–H groups in total. The third-order valence-electron chi connectivity index (χ3n) is 5.58. The number of hydrogen-bond donors (Lipinski definition) is 0. The molecular formula is C24H31Y2-. The summed E-state index contributed by atoms with van der Waals surface area (Å²) in [4.78, 5) is 0. The van der Waals surface area contributed by atoms with Crippen LogP contribution >= 0.6 is 0 Å². The summed E-state index contributed by atoms with van der Waals surface area (Å²) in [6.07, 6.45) is 9.49. The molecule has 1 saturated carbocycles. The van der Waals surface area contributed by atoms with Gasteiger partial charge >= 0.3 is 0 Å². The molecule has 2 heteroatoms. The van der Waals surface area contributed by atoms with Gasteiger partial charge in [-0.2, -0.15) is 34.9 Å². The maximum absolute atomic E-state index is 3.38. The van der Waals surface area contributed by atoms with E-state index in [2.05, 4.69) is 58.0 Å². The van der Waals surface area contributed by atoms with Gasteiger partial charge in [0.1, 0.15) is 0 Å². The Bertz CT molecular complexity index is 669. The topological polar surface area (TPSA) is 0 Å². The summed E-state index contributed by atoms with van der Waals surface area (Å²) in [7, 11) is 0. The second-order valence-electron chi connectivity index (χ2n) is 7.95. The van der Waals surface area contributed by atoms with Crippen molar-refractivity contribution < 1.29 is 65.4 Å². The molecule has 2 aromatic carbocycles. The van der Waals surface area contributed by atoms with E-state index < -0.39 is 0 Å². The van der Waals surface area contributed by atoms with Crippen LogP contribution in [0.1, 0.15) is 71.0 Å². The Labute approximate surface area is 211 Å². The van der Waals surface area contributed by atoms with Crippen LogP contribution < -0.4 is 0 Å². The molecule has 3 rings (SSSR count). The molecule has 0 aliphatic heterocycles. The monoisotopic (exact) mass is 497 g/mol. The van der Waals surface area contributed by atoms with E-state index in [0.717, 1.165) is 12.3 Å². The maximum atomic E-state index is 3.38. The Kier molecular flexibility index (Phi) is 11.0. The number of rotatable bonds is 4. The van der Waals surface area contributed by atoms with Crippen LogP contribution in [0.2, 0.25) is 0 Å². The van der Waals surface area contributed by atoms with Crippen molar-refractivity contribution in [3.63, 3.8) is 0 Å². The molecule has 2 aromatic rings. The van der Waals surface area contributed by atoms with Gasteiger partial charge in [-0.3, -0.25) is 0 Å². The van der Waals surface area contributed by atoms with Crippen molar-refractivity contribution in [2.45, 2.75) is 72.6 Å². The van der Waals surface area contributed by atoms with Gasteiger partial charge in [0.15, 0.2) is 0 Å². The molecule has 134 valence electrons. The summed E-state index contributed by atoms with van der Waals surface area (Å²) in [5, 5.41) is 0. The second kappa shape index (κ2) is 11.6. The van der Waals surface area contributed by atoms with E-state index in [9.17, 15) is 0 Å². The average molecular weight is 497 g/mol. The van der Waals surface area contributed by atoms with Crippen LogP contribution in [-0.2, 0) is 78.3 Å². The normalized spacial score (nSPS) is 14.5. The minimum Gasteiger partial charge on any atom is -0.177 e. The minimum atomic E-state index is 0. The van der Waals surface area contributed by atoms with E-state index in [1.54, 1.807) is 5.56 Å². The third kappa shape index (κ3) is 6.91. The summed E-state index contributed by atoms with van der Waals surface area (Å²) >= 11 is 0. The zero-order chi connectivity index (χ0) is 17.1. The molecule has 2 radical (unpaired) electrons. The Balaban J connectivity index is 0.00000169. The van der Waals surface area contributed by atoms with Crippen molar-refractivity contribution in [3.05, 3.63) is 69.3 Å². The van der Waals surface area contributed by atoms with E-state index in [4.69, 9.17) is 0 Å². The molecule has 0 saturated heterocycles. The first kappa shape index (κ1) is 24.7. The van der Waals surface area contributed by atoms with Crippen LogP contribution in [0.4, 0.5) is 0 Å². The first-order valence-electron chi connectivity index (χ1n) is 9.59. The molecule has 1 aliphatic carbocycles. The molecule has 1 aliphatic rings. The van der Waals surface area contributed by atoms with Crippen molar-refractivity contribution in [3.8, 4) is 0 Å². The summed E-state index contributed by atoms with van der Waals surface area (Å²) < 4.78 is 0. The van der Waals surface area contributed by atoms with Crippen molar-refractivity contribution in [1.82, 2.24) is 0 Å². The molecule has 0 aromatic heterocycles. The van der Waals surface area contributed by atoms with Crippen LogP contribution in [0, 0.1) is 39.7 Å². The Morgan fingerprint density at radius 2 is 1.31 bits per heavy atom. The predicted octanol–water partition coefficient (Wildman–Crippen LogP) is 6.43. The fourth-order valence-corrected chi connectivity index (χ4v) is 4.49. The van der Waals surface area contributed by atoms with E-state index in [0.29, 0.717) is 0 Å². The minimum absolute atomic E-state index is 0. The number of aryl methyl sites for hydroxylation is 4. The molecule has 0 spiro atoms. The molecule has 0 amide bonds. The molecule has 1 fully saturated rings. The van der Waals surface area contributed by atoms with Crippen molar-refractivity contribution in [2.24, 2.45) is 5.92 Å². The van der Waals surface area contributed by atoms with Gasteiger partial charge in [0.05, 0.1) is 0 Å². The van der Waals surface area contributed by atoms with Gasteiger partial charge in [0, 0.05) is 65.4 Å². The molecule has 26 heavy (non-hydrogen) atoms. The number of benzene rings is 2. The Morgan fingerprint density at radius 1 is 0.769 bits per heavy atom. The van der Waals surface area contributed by atoms with Crippen LogP contribution in [-0.4, -0.2) is 0 Å². The smallest absolute Gasteiger partial charge is 0 e. The first-order chi connectivity index (χ1) is 11.5. The van der Waals surface area contributed by atoms with Gasteiger partial charge in [-0.15, -0.1) is 0 Å². The maximum Gasteiger partial charge on any atom is 0 e. The van der Waals surface area contributed by atoms with Gasteiger partial charge < -0.3 is 0 Å². The number of hydrogen-bond acceptors (Lipinski definition) is 0. The fraction of sp³-hybridized carbons (Fsp3) is 0.500. The molecule has 0 heterocycles. The van der Waals surface area contributed by atoms with Gasteiger partial charge in [0.25, 0.3) is 0 Å². The van der Waals surface area contributed by atoms with Crippen LogP contribution in [0.3, 0.4) is 0 Å². The van der Waals surface area contributed by atoms with Crippen molar-refractivity contribution >= 4 is 0 Å². The average Bonchev–Trinajstić information content (AvgIpc) is 2.51. The quantitative estimate of drug-likeness (QED) is 0.428. The molecule has 0 unspecified atom stereocenters.